The quantitative estimate of drug-likeness (QED) is 0.620. The molecule has 0 unspecified atom stereocenters. The normalized spacial score (nSPS) is 11.7. The minimum Gasteiger partial charge on any atom is -0.326 e. The summed E-state index contributed by atoms with van der Waals surface area (Å²) in [4.78, 5) is 16.1. The zero-order valence-electron chi connectivity index (χ0n) is 12.6. The number of rotatable bonds is 6. The number of anilines is 2. The van der Waals surface area contributed by atoms with Crippen LogP contribution in [0.15, 0.2) is 23.3 Å². The van der Waals surface area contributed by atoms with Crippen LogP contribution in [0.4, 0.5) is 10.8 Å². The molecule has 0 atom stereocenters. The molecule has 0 radical (unpaired) electrons. The van der Waals surface area contributed by atoms with Crippen molar-refractivity contribution >= 4 is 44.0 Å². The maximum Gasteiger partial charge on any atom is 0.224 e. The molecule has 1 aromatic carbocycles. The lowest BCUT2D eigenvalue weighted by atomic mass is 10.2. The average molecular weight is 304 g/mol. The summed E-state index contributed by atoms with van der Waals surface area (Å²) in [6.07, 6.45) is 2.28. The van der Waals surface area contributed by atoms with Crippen molar-refractivity contribution in [1.29, 1.82) is 0 Å². The fourth-order valence-electron chi connectivity index (χ4n) is 1.73. The molecule has 1 heterocycles. The largest absolute Gasteiger partial charge is 0.326 e. The van der Waals surface area contributed by atoms with Gasteiger partial charge in [0.05, 0.1) is 10.2 Å². The molecular formula is C15H20N4OS. The number of amides is 1. The van der Waals surface area contributed by atoms with Gasteiger partial charge in [0, 0.05) is 17.8 Å². The molecule has 0 saturated heterocycles. The van der Waals surface area contributed by atoms with Gasteiger partial charge in [-0.05, 0) is 38.0 Å². The molecule has 0 aliphatic rings. The lowest BCUT2D eigenvalue weighted by Crippen LogP contribution is -2.10. The van der Waals surface area contributed by atoms with Gasteiger partial charge in [0.15, 0.2) is 0 Å². The monoisotopic (exact) mass is 304 g/mol. The van der Waals surface area contributed by atoms with Crippen molar-refractivity contribution in [1.82, 2.24) is 4.98 Å². The number of hydrogen-bond acceptors (Lipinski definition) is 5. The van der Waals surface area contributed by atoms with Gasteiger partial charge in [-0.25, -0.2) is 4.98 Å². The van der Waals surface area contributed by atoms with Crippen LogP contribution < -0.4 is 10.7 Å². The Bertz CT molecular complexity index is 663. The Morgan fingerprint density at radius 2 is 2.19 bits per heavy atom. The van der Waals surface area contributed by atoms with E-state index in [0.29, 0.717) is 6.42 Å². The maximum absolute atomic E-state index is 11.6. The van der Waals surface area contributed by atoms with Gasteiger partial charge in [-0.15, -0.1) is 0 Å². The van der Waals surface area contributed by atoms with Crippen molar-refractivity contribution in [2.45, 2.75) is 40.0 Å². The van der Waals surface area contributed by atoms with Gasteiger partial charge in [0.25, 0.3) is 0 Å². The fourth-order valence-corrected chi connectivity index (χ4v) is 2.51. The Hall–Kier alpha value is -1.95. The van der Waals surface area contributed by atoms with E-state index in [9.17, 15) is 4.79 Å². The zero-order valence-corrected chi connectivity index (χ0v) is 13.4. The molecule has 0 bridgehead atoms. The van der Waals surface area contributed by atoms with E-state index in [1.54, 1.807) is 11.3 Å². The predicted octanol–water partition coefficient (Wildman–Crippen LogP) is 4.23. The smallest absolute Gasteiger partial charge is 0.224 e. The Morgan fingerprint density at radius 1 is 1.38 bits per heavy atom. The summed E-state index contributed by atoms with van der Waals surface area (Å²) < 4.78 is 1.07. The number of benzene rings is 1. The molecular weight excluding hydrogens is 284 g/mol. The minimum atomic E-state index is 0.0357. The van der Waals surface area contributed by atoms with Crippen LogP contribution in [0.3, 0.4) is 0 Å². The molecule has 0 fully saturated rings. The molecule has 6 heteroatoms. The summed E-state index contributed by atoms with van der Waals surface area (Å²) in [5, 5.41) is 7.89. The van der Waals surface area contributed by atoms with Crippen LogP contribution in [-0.4, -0.2) is 16.6 Å². The van der Waals surface area contributed by atoms with Crippen LogP contribution in [0.2, 0.25) is 0 Å². The first kappa shape index (κ1) is 15.4. The number of nitrogens with zero attached hydrogens (tertiary/aromatic N) is 2. The maximum atomic E-state index is 11.6. The second kappa shape index (κ2) is 7.17. The fraction of sp³-hybridized carbons (Fsp3) is 0.400. The molecule has 5 nitrogen and oxygen atoms in total. The van der Waals surface area contributed by atoms with Gasteiger partial charge in [-0.2, -0.15) is 5.10 Å². The van der Waals surface area contributed by atoms with Crippen molar-refractivity contribution in [3.8, 4) is 0 Å². The SMILES string of the molecule is CCCC(=O)Nc1ccc2sc(N/N=C(\C)CC)nc2c1. The van der Waals surface area contributed by atoms with Gasteiger partial charge in [0.1, 0.15) is 0 Å². The molecule has 2 N–H and O–H groups in total. The molecule has 2 rings (SSSR count). The lowest BCUT2D eigenvalue weighted by molar-refractivity contribution is -0.116. The zero-order chi connectivity index (χ0) is 15.2. The summed E-state index contributed by atoms with van der Waals surface area (Å²) in [5.74, 6) is 0.0357. The van der Waals surface area contributed by atoms with Crippen LogP contribution in [0.5, 0.6) is 0 Å². The standard InChI is InChI=1S/C15H20N4OS/c1-4-6-14(20)16-11-7-8-13-12(9-11)17-15(21-13)19-18-10(3)5-2/h7-9H,4-6H2,1-3H3,(H,16,20)(H,17,19)/b18-10+. The van der Waals surface area contributed by atoms with Gasteiger partial charge >= 0.3 is 0 Å². The summed E-state index contributed by atoms with van der Waals surface area (Å²) in [7, 11) is 0. The Balaban J connectivity index is 2.14. The first-order valence-corrected chi connectivity index (χ1v) is 7.93. The lowest BCUT2D eigenvalue weighted by Gasteiger charge is -2.03. The highest BCUT2D eigenvalue weighted by molar-refractivity contribution is 7.22. The Kier molecular flexibility index (Phi) is 5.27. The molecule has 0 saturated carbocycles. The first-order valence-electron chi connectivity index (χ1n) is 7.12. The molecule has 0 aliphatic heterocycles. The summed E-state index contributed by atoms with van der Waals surface area (Å²) >= 11 is 1.55. The Labute approximate surface area is 128 Å². The number of carbonyl (C=O) groups is 1. The van der Waals surface area contributed by atoms with E-state index >= 15 is 0 Å². The number of nitrogens with one attached hydrogen (secondary N) is 2. The minimum absolute atomic E-state index is 0.0357. The first-order chi connectivity index (χ1) is 10.1. The van der Waals surface area contributed by atoms with Crippen molar-refractivity contribution in [2.24, 2.45) is 5.10 Å². The molecule has 2 aromatic rings. The molecule has 0 aliphatic carbocycles. The molecule has 0 spiro atoms. The van der Waals surface area contributed by atoms with Crippen LogP contribution in [0.1, 0.15) is 40.0 Å². The van der Waals surface area contributed by atoms with Crippen molar-refractivity contribution in [3.63, 3.8) is 0 Å². The second-order valence-corrected chi connectivity index (χ2v) is 5.84. The summed E-state index contributed by atoms with van der Waals surface area (Å²) in [6.45, 7) is 6.02. The second-order valence-electron chi connectivity index (χ2n) is 4.81. The molecule has 112 valence electrons. The van der Waals surface area contributed by atoms with Gasteiger partial charge in [-0.1, -0.05) is 25.2 Å². The summed E-state index contributed by atoms with van der Waals surface area (Å²) in [6, 6.07) is 5.76. The predicted molar refractivity (Wildman–Crippen MR) is 90.2 cm³/mol. The Morgan fingerprint density at radius 3 is 2.90 bits per heavy atom. The average Bonchev–Trinajstić information content (AvgIpc) is 2.87. The highest BCUT2D eigenvalue weighted by Crippen LogP contribution is 2.28. The van der Waals surface area contributed by atoms with Gasteiger partial charge in [0.2, 0.25) is 11.0 Å². The van der Waals surface area contributed by atoms with Crippen LogP contribution in [0, 0.1) is 0 Å². The number of hydrazone groups is 1. The third-order valence-corrected chi connectivity index (χ3v) is 3.94. The number of fused-ring (bicyclic) bond motifs is 1. The van der Waals surface area contributed by atoms with E-state index in [-0.39, 0.29) is 5.91 Å². The topological polar surface area (TPSA) is 66.4 Å². The van der Waals surface area contributed by atoms with Crippen LogP contribution in [0.25, 0.3) is 10.2 Å². The molecule has 21 heavy (non-hydrogen) atoms. The highest BCUT2D eigenvalue weighted by Gasteiger charge is 2.06. The van der Waals surface area contributed by atoms with E-state index in [0.717, 1.165) is 39.6 Å². The van der Waals surface area contributed by atoms with Crippen LogP contribution in [-0.2, 0) is 4.79 Å². The van der Waals surface area contributed by atoms with Crippen molar-refractivity contribution < 1.29 is 4.79 Å². The van der Waals surface area contributed by atoms with Crippen molar-refractivity contribution in [2.75, 3.05) is 10.7 Å². The van der Waals surface area contributed by atoms with E-state index in [4.69, 9.17) is 0 Å². The van der Waals surface area contributed by atoms with E-state index in [2.05, 4.69) is 27.8 Å². The van der Waals surface area contributed by atoms with Gasteiger partial charge in [-0.3, -0.25) is 10.2 Å². The number of thiazole rings is 1. The third kappa shape index (κ3) is 4.26. The van der Waals surface area contributed by atoms with E-state index in [1.807, 2.05) is 32.0 Å². The third-order valence-electron chi connectivity index (χ3n) is 3.00. The van der Waals surface area contributed by atoms with Crippen molar-refractivity contribution in [3.05, 3.63) is 18.2 Å². The summed E-state index contributed by atoms with van der Waals surface area (Å²) in [5.41, 5.74) is 5.65. The number of aromatic nitrogens is 1. The molecule has 1 amide bonds. The molecule has 1 aromatic heterocycles. The van der Waals surface area contributed by atoms with Gasteiger partial charge < -0.3 is 5.32 Å². The highest BCUT2D eigenvalue weighted by atomic mass is 32.1. The van der Waals surface area contributed by atoms with E-state index < -0.39 is 0 Å². The van der Waals surface area contributed by atoms with E-state index in [1.165, 1.54) is 0 Å². The number of hydrogen-bond donors (Lipinski definition) is 2. The van der Waals surface area contributed by atoms with Crippen LogP contribution >= 0.6 is 11.3 Å². The number of carbonyl (C=O) groups excluding carboxylic acids is 1.